The third kappa shape index (κ3) is 2.86. The summed E-state index contributed by atoms with van der Waals surface area (Å²) >= 11 is 5.66. The number of alkyl halides is 1. The Kier molecular flexibility index (Phi) is 4.30. The first kappa shape index (κ1) is 11.7. The summed E-state index contributed by atoms with van der Waals surface area (Å²) in [6.45, 7) is 1.94. The van der Waals surface area contributed by atoms with Gasteiger partial charge < -0.3 is 5.11 Å². The van der Waals surface area contributed by atoms with E-state index in [9.17, 15) is 5.11 Å². The number of aliphatic hydroxyl groups is 1. The predicted molar refractivity (Wildman–Crippen MR) is 63.3 cm³/mol. The van der Waals surface area contributed by atoms with Gasteiger partial charge in [0.15, 0.2) is 0 Å². The average Bonchev–Trinajstić information content (AvgIpc) is 2.86. The molecule has 2 aliphatic rings. The van der Waals surface area contributed by atoms with Gasteiger partial charge in [0.2, 0.25) is 0 Å². The molecule has 2 nitrogen and oxygen atoms in total. The van der Waals surface area contributed by atoms with E-state index < -0.39 is 0 Å². The Morgan fingerprint density at radius 1 is 1.20 bits per heavy atom. The Balaban J connectivity index is 1.86. The maximum absolute atomic E-state index is 9.61. The van der Waals surface area contributed by atoms with Crippen molar-refractivity contribution in [1.82, 2.24) is 4.90 Å². The molecule has 0 spiro atoms. The molecule has 0 bridgehead atoms. The molecule has 0 aromatic rings. The zero-order chi connectivity index (χ0) is 10.7. The number of rotatable bonds is 4. The van der Waals surface area contributed by atoms with Crippen molar-refractivity contribution in [2.75, 3.05) is 19.0 Å². The Morgan fingerprint density at radius 2 is 1.93 bits per heavy atom. The first-order chi connectivity index (χ1) is 7.31. The standard InChI is InChI=1S/C12H22ClNO/c13-8-11(15)9-14-7-3-6-12(14)10-4-1-2-5-10/h10-12,15H,1-9H2. The summed E-state index contributed by atoms with van der Waals surface area (Å²) in [5.74, 6) is 1.27. The maximum atomic E-state index is 9.61. The van der Waals surface area contributed by atoms with Crippen LogP contribution in [-0.4, -0.2) is 41.1 Å². The largest absolute Gasteiger partial charge is 0.391 e. The first-order valence-corrected chi connectivity index (χ1v) is 6.83. The van der Waals surface area contributed by atoms with Crippen LogP contribution >= 0.6 is 11.6 Å². The van der Waals surface area contributed by atoms with Gasteiger partial charge in [-0.3, -0.25) is 4.90 Å². The molecular formula is C12H22ClNO. The van der Waals surface area contributed by atoms with Gasteiger partial charge in [-0.25, -0.2) is 0 Å². The summed E-state index contributed by atoms with van der Waals surface area (Å²) in [5.41, 5.74) is 0. The van der Waals surface area contributed by atoms with E-state index in [-0.39, 0.29) is 6.10 Å². The van der Waals surface area contributed by atoms with Crippen LogP contribution in [0.15, 0.2) is 0 Å². The van der Waals surface area contributed by atoms with E-state index in [2.05, 4.69) is 4.90 Å². The molecular weight excluding hydrogens is 210 g/mol. The molecule has 3 heteroatoms. The molecule has 2 unspecified atom stereocenters. The number of aliphatic hydroxyl groups excluding tert-OH is 1. The fourth-order valence-electron chi connectivity index (χ4n) is 3.27. The highest BCUT2D eigenvalue weighted by Crippen LogP contribution is 2.35. The van der Waals surface area contributed by atoms with Crippen LogP contribution in [-0.2, 0) is 0 Å². The Hall–Kier alpha value is 0.210. The van der Waals surface area contributed by atoms with Crippen LogP contribution in [0.1, 0.15) is 38.5 Å². The molecule has 2 fully saturated rings. The molecule has 1 aliphatic carbocycles. The topological polar surface area (TPSA) is 23.5 Å². The van der Waals surface area contributed by atoms with E-state index in [1.807, 2.05) is 0 Å². The van der Waals surface area contributed by atoms with E-state index >= 15 is 0 Å². The quantitative estimate of drug-likeness (QED) is 0.751. The molecule has 1 saturated heterocycles. The van der Waals surface area contributed by atoms with Crippen molar-refractivity contribution >= 4 is 11.6 Å². The molecule has 15 heavy (non-hydrogen) atoms. The molecule has 1 heterocycles. The van der Waals surface area contributed by atoms with Crippen molar-refractivity contribution < 1.29 is 5.11 Å². The molecule has 88 valence electrons. The number of halogens is 1. The Labute approximate surface area is 97.6 Å². The summed E-state index contributed by atoms with van der Waals surface area (Å²) < 4.78 is 0. The highest BCUT2D eigenvalue weighted by molar-refractivity contribution is 6.18. The predicted octanol–water partition coefficient (Wildman–Crippen LogP) is 2.24. The zero-order valence-electron chi connectivity index (χ0n) is 9.37. The highest BCUT2D eigenvalue weighted by atomic mass is 35.5. The number of hydrogen-bond acceptors (Lipinski definition) is 2. The van der Waals surface area contributed by atoms with E-state index in [0.29, 0.717) is 5.88 Å². The van der Waals surface area contributed by atoms with Crippen LogP contribution in [0.25, 0.3) is 0 Å². The van der Waals surface area contributed by atoms with Crippen LogP contribution in [0.4, 0.5) is 0 Å². The lowest BCUT2D eigenvalue weighted by atomic mass is 9.96. The van der Waals surface area contributed by atoms with Gasteiger partial charge in [0.05, 0.1) is 6.10 Å². The van der Waals surface area contributed by atoms with Gasteiger partial charge in [-0.1, -0.05) is 12.8 Å². The van der Waals surface area contributed by atoms with Crippen LogP contribution in [0.5, 0.6) is 0 Å². The molecule has 1 saturated carbocycles. The molecule has 0 amide bonds. The summed E-state index contributed by atoms with van der Waals surface area (Å²) in [6.07, 6.45) is 7.92. The van der Waals surface area contributed by atoms with Crippen LogP contribution in [0.2, 0.25) is 0 Å². The second-order valence-electron chi connectivity index (χ2n) is 5.06. The lowest BCUT2D eigenvalue weighted by Gasteiger charge is -2.30. The molecule has 1 N–H and O–H groups in total. The number of β-amino-alcohol motifs (C(OH)–C–C–N with tert-alkyl or cyclic N) is 1. The zero-order valence-corrected chi connectivity index (χ0v) is 10.1. The molecule has 0 radical (unpaired) electrons. The van der Waals surface area contributed by atoms with Crippen molar-refractivity contribution in [2.24, 2.45) is 5.92 Å². The SMILES string of the molecule is OC(CCl)CN1CCCC1C1CCCC1. The van der Waals surface area contributed by atoms with Crippen molar-refractivity contribution in [3.8, 4) is 0 Å². The third-order valence-corrected chi connectivity index (χ3v) is 4.34. The molecule has 1 aliphatic heterocycles. The molecule has 2 rings (SSSR count). The van der Waals surface area contributed by atoms with Gasteiger partial charge in [0.25, 0.3) is 0 Å². The summed E-state index contributed by atoms with van der Waals surface area (Å²) in [7, 11) is 0. The summed E-state index contributed by atoms with van der Waals surface area (Å²) in [5, 5.41) is 9.61. The van der Waals surface area contributed by atoms with Crippen LogP contribution in [0.3, 0.4) is 0 Å². The Bertz CT molecular complexity index is 194. The van der Waals surface area contributed by atoms with Crippen molar-refractivity contribution in [1.29, 1.82) is 0 Å². The second-order valence-corrected chi connectivity index (χ2v) is 5.37. The van der Waals surface area contributed by atoms with Gasteiger partial charge in [-0.15, -0.1) is 11.6 Å². The van der Waals surface area contributed by atoms with Gasteiger partial charge >= 0.3 is 0 Å². The third-order valence-electron chi connectivity index (χ3n) is 3.98. The fourth-order valence-corrected chi connectivity index (χ4v) is 3.37. The fraction of sp³-hybridized carbons (Fsp3) is 1.00. The minimum Gasteiger partial charge on any atom is -0.391 e. The second kappa shape index (κ2) is 5.51. The molecule has 2 atom stereocenters. The van der Waals surface area contributed by atoms with E-state index in [1.54, 1.807) is 0 Å². The highest BCUT2D eigenvalue weighted by Gasteiger charge is 2.33. The Morgan fingerprint density at radius 3 is 2.60 bits per heavy atom. The number of hydrogen-bond donors (Lipinski definition) is 1. The number of likely N-dealkylation sites (tertiary alicyclic amines) is 1. The lowest BCUT2D eigenvalue weighted by molar-refractivity contribution is 0.102. The van der Waals surface area contributed by atoms with Crippen molar-refractivity contribution in [2.45, 2.75) is 50.7 Å². The maximum Gasteiger partial charge on any atom is 0.0802 e. The molecule has 0 aromatic heterocycles. The number of nitrogens with zero attached hydrogens (tertiary/aromatic N) is 1. The monoisotopic (exact) mass is 231 g/mol. The van der Waals surface area contributed by atoms with Crippen molar-refractivity contribution in [3.05, 3.63) is 0 Å². The van der Waals surface area contributed by atoms with Crippen LogP contribution < -0.4 is 0 Å². The minimum absolute atomic E-state index is 0.339. The summed E-state index contributed by atoms with van der Waals surface area (Å²) in [4.78, 5) is 2.48. The lowest BCUT2D eigenvalue weighted by Crippen LogP contribution is -2.40. The van der Waals surface area contributed by atoms with E-state index in [4.69, 9.17) is 11.6 Å². The van der Waals surface area contributed by atoms with Crippen molar-refractivity contribution in [3.63, 3.8) is 0 Å². The minimum atomic E-state index is -0.339. The summed E-state index contributed by atoms with van der Waals surface area (Å²) in [6, 6.07) is 0.741. The smallest absolute Gasteiger partial charge is 0.0802 e. The van der Waals surface area contributed by atoms with Gasteiger partial charge in [0.1, 0.15) is 0 Å². The van der Waals surface area contributed by atoms with E-state index in [0.717, 1.165) is 25.0 Å². The normalized spacial score (nSPS) is 31.2. The van der Waals surface area contributed by atoms with Gasteiger partial charge in [-0.05, 0) is 38.1 Å². The molecule has 0 aromatic carbocycles. The van der Waals surface area contributed by atoms with Crippen LogP contribution in [0, 0.1) is 5.92 Å². The van der Waals surface area contributed by atoms with Gasteiger partial charge in [-0.2, -0.15) is 0 Å². The first-order valence-electron chi connectivity index (χ1n) is 6.29. The average molecular weight is 232 g/mol. The van der Waals surface area contributed by atoms with Gasteiger partial charge in [0, 0.05) is 18.5 Å². The van der Waals surface area contributed by atoms with E-state index in [1.165, 1.54) is 38.5 Å².